The molecule has 0 bridgehead atoms. The van der Waals surface area contributed by atoms with E-state index in [1.54, 1.807) is 24.3 Å². The van der Waals surface area contributed by atoms with Crippen molar-refractivity contribution >= 4 is 23.2 Å². The Morgan fingerprint density at radius 3 is 2.47 bits per heavy atom. The van der Waals surface area contributed by atoms with Crippen LogP contribution in [0.3, 0.4) is 0 Å². The lowest BCUT2D eigenvalue weighted by Gasteiger charge is -2.31. The number of hydrogen-bond acceptors (Lipinski definition) is 3. The molecule has 0 saturated carbocycles. The second-order valence-electron chi connectivity index (χ2n) is 4.23. The molecule has 17 heavy (non-hydrogen) atoms. The van der Waals surface area contributed by atoms with Crippen LogP contribution in [0, 0.1) is 0 Å². The molecule has 1 aromatic rings. The van der Waals surface area contributed by atoms with E-state index in [-0.39, 0.29) is 5.91 Å². The molecule has 5 heteroatoms. The molecule has 1 amide bonds. The number of anilines is 1. The van der Waals surface area contributed by atoms with Crippen LogP contribution in [0.1, 0.15) is 12.8 Å². The summed E-state index contributed by atoms with van der Waals surface area (Å²) in [6.45, 7) is 1.06. The van der Waals surface area contributed by atoms with Gasteiger partial charge in [-0.2, -0.15) is 0 Å². The smallest absolute Gasteiger partial charge is 0.244 e. The van der Waals surface area contributed by atoms with Crippen molar-refractivity contribution in [3.8, 4) is 0 Å². The van der Waals surface area contributed by atoms with Gasteiger partial charge in [-0.05, 0) is 37.1 Å². The largest absolute Gasteiger partial charge is 0.381 e. The quantitative estimate of drug-likeness (QED) is 0.846. The number of rotatable bonds is 2. The second-order valence-corrected chi connectivity index (χ2v) is 4.67. The van der Waals surface area contributed by atoms with Crippen LogP contribution < -0.4 is 11.1 Å². The van der Waals surface area contributed by atoms with Gasteiger partial charge >= 0.3 is 0 Å². The third-order valence-corrected chi connectivity index (χ3v) is 3.19. The molecule has 0 radical (unpaired) electrons. The molecule has 1 aliphatic rings. The Hall–Kier alpha value is -1.10. The minimum Gasteiger partial charge on any atom is -0.381 e. The first-order valence-corrected chi connectivity index (χ1v) is 5.92. The third kappa shape index (κ3) is 2.97. The van der Waals surface area contributed by atoms with E-state index >= 15 is 0 Å². The Kier molecular flexibility index (Phi) is 3.66. The lowest BCUT2D eigenvalue weighted by Crippen LogP contribution is -2.54. The van der Waals surface area contributed by atoms with Gasteiger partial charge in [-0.25, -0.2) is 0 Å². The first kappa shape index (κ1) is 12.4. The molecular weight excluding hydrogens is 240 g/mol. The van der Waals surface area contributed by atoms with E-state index in [0.29, 0.717) is 36.8 Å². The van der Waals surface area contributed by atoms with Crippen molar-refractivity contribution in [2.24, 2.45) is 5.73 Å². The average Bonchev–Trinajstić information content (AvgIpc) is 2.33. The number of hydrogen-bond donors (Lipinski definition) is 2. The summed E-state index contributed by atoms with van der Waals surface area (Å²) >= 11 is 5.77. The van der Waals surface area contributed by atoms with Crippen molar-refractivity contribution < 1.29 is 9.53 Å². The molecular formula is C12H15ClN2O2. The Bertz CT molecular complexity index is 399. The number of nitrogens with one attached hydrogen (secondary N) is 1. The molecule has 0 spiro atoms. The number of ether oxygens (including phenoxy) is 1. The standard InChI is InChI=1S/C12H15ClN2O2/c13-9-1-3-10(4-2-9)15-11(16)12(14)5-7-17-8-6-12/h1-4H,5-8,14H2,(H,15,16). The Morgan fingerprint density at radius 1 is 1.29 bits per heavy atom. The molecule has 1 saturated heterocycles. The maximum atomic E-state index is 12.0. The first-order chi connectivity index (χ1) is 8.10. The van der Waals surface area contributed by atoms with E-state index in [0.717, 1.165) is 0 Å². The van der Waals surface area contributed by atoms with Gasteiger partial charge in [0, 0.05) is 23.9 Å². The van der Waals surface area contributed by atoms with Crippen LogP contribution in [0.15, 0.2) is 24.3 Å². The highest BCUT2D eigenvalue weighted by Crippen LogP contribution is 2.21. The van der Waals surface area contributed by atoms with E-state index in [1.807, 2.05) is 0 Å². The molecule has 0 atom stereocenters. The topological polar surface area (TPSA) is 64.4 Å². The highest BCUT2D eigenvalue weighted by molar-refractivity contribution is 6.30. The highest BCUT2D eigenvalue weighted by atomic mass is 35.5. The van der Waals surface area contributed by atoms with E-state index in [2.05, 4.69) is 5.32 Å². The zero-order valence-corrected chi connectivity index (χ0v) is 10.2. The minimum absolute atomic E-state index is 0.164. The summed E-state index contributed by atoms with van der Waals surface area (Å²) in [7, 11) is 0. The third-order valence-electron chi connectivity index (χ3n) is 2.94. The van der Waals surface area contributed by atoms with Crippen LogP contribution in [0.25, 0.3) is 0 Å². The van der Waals surface area contributed by atoms with E-state index in [1.165, 1.54) is 0 Å². The van der Waals surface area contributed by atoms with E-state index < -0.39 is 5.54 Å². The van der Waals surface area contributed by atoms with Gasteiger partial charge in [0.05, 0.1) is 0 Å². The van der Waals surface area contributed by atoms with Crippen LogP contribution in [0.2, 0.25) is 5.02 Å². The van der Waals surface area contributed by atoms with Gasteiger partial charge in [0.1, 0.15) is 5.54 Å². The summed E-state index contributed by atoms with van der Waals surface area (Å²) in [5.74, 6) is -0.164. The number of carbonyl (C=O) groups excluding carboxylic acids is 1. The molecule has 3 N–H and O–H groups in total. The van der Waals surface area contributed by atoms with Crippen molar-refractivity contribution in [2.75, 3.05) is 18.5 Å². The monoisotopic (exact) mass is 254 g/mol. The predicted octanol–water partition coefficient (Wildman–Crippen LogP) is 1.79. The van der Waals surface area contributed by atoms with Crippen LogP contribution in [-0.2, 0) is 9.53 Å². The number of amides is 1. The normalized spacial score (nSPS) is 18.7. The van der Waals surface area contributed by atoms with Gasteiger partial charge in [-0.15, -0.1) is 0 Å². The van der Waals surface area contributed by atoms with Gasteiger partial charge in [-0.3, -0.25) is 4.79 Å². The summed E-state index contributed by atoms with van der Waals surface area (Å²) in [6, 6.07) is 6.96. The lowest BCUT2D eigenvalue weighted by molar-refractivity contribution is -0.124. The minimum atomic E-state index is -0.822. The van der Waals surface area contributed by atoms with Crippen molar-refractivity contribution in [2.45, 2.75) is 18.4 Å². The van der Waals surface area contributed by atoms with Crippen molar-refractivity contribution in [3.05, 3.63) is 29.3 Å². The Labute approximate surface area is 105 Å². The lowest BCUT2D eigenvalue weighted by atomic mass is 9.90. The van der Waals surface area contributed by atoms with Crippen molar-refractivity contribution in [3.63, 3.8) is 0 Å². The maximum Gasteiger partial charge on any atom is 0.244 e. The van der Waals surface area contributed by atoms with Gasteiger partial charge in [0.2, 0.25) is 5.91 Å². The maximum absolute atomic E-state index is 12.0. The van der Waals surface area contributed by atoms with Crippen LogP contribution in [0.4, 0.5) is 5.69 Å². The Balaban J connectivity index is 2.03. The zero-order chi connectivity index (χ0) is 12.3. The van der Waals surface area contributed by atoms with E-state index in [9.17, 15) is 4.79 Å². The summed E-state index contributed by atoms with van der Waals surface area (Å²) in [4.78, 5) is 12.0. The predicted molar refractivity (Wildman–Crippen MR) is 67.1 cm³/mol. The molecule has 1 fully saturated rings. The molecule has 1 heterocycles. The first-order valence-electron chi connectivity index (χ1n) is 5.54. The number of carbonyl (C=O) groups is 1. The highest BCUT2D eigenvalue weighted by Gasteiger charge is 2.35. The number of benzene rings is 1. The molecule has 92 valence electrons. The summed E-state index contributed by atoms with van der Waals surface area (Å²) in [5, 5.41) is 3.44. The molecule has 1 aromatic carbocycles. The molecule has 0 aliphatic carbocycles. The fraction of sp³-hybridized carbons (Fsp3) is 0.417. The Morgan fingerprint density at radius 2 is 1.88 bits per heavy atom. The summed E-state index contributed by atoms with van der Waals surface area (Å²) < 4.78 is 5.20. The molecule has 2 rings (SSSR count). The second kappa shape index (κ2) is 5.04. The summed E-state index contributed by atoms with van der Waals surface area (Å²) in [6.07, 6.45) is 1.10. The fourth-order valence-corrected chi connectivity index (χ4v) is 1.88. The van der Waals surface area contributed by atoms with Gasteiger partial charge in [0.25, 0.3) is 0 Å². The average molecular weight is 255 g/mol. The SMILES string of the molecule is NC1(C(=O)Nc2ccc(Cl)cc2)CCOCC1. The van der Waals surface area contributed by atoms with E-state index in [4.69, 9.17) is 22.1 Å². The van der Waals surface area contributed by atoms with Crippen LogP contribution in [-0.4, -0.2) is 24.7 Å². The van der Waals surface area contributed by atoms with Crippen LogP contribution in [0.5, 0.6) is 0 Å². The van der Waals surface area contributed by atoms with Crippen molar-refractivity contribution in [1.29, 1.82) is 0 Å². The van der Waals surface area contributed by atoms with Crippen LogP contribution >= 0.6 is 11.6 Å². The number of halogens is 1. The van der Waals surface area contributed by atoms with Gasteiger partial charge in [-0.1, -0.05) is 11.6 Å². The summed E-state index contributed by atoms with van der Waals surface area (Å²) in [5.41, 5.74) is 5.95. The van der Waals surface area contributed by atoms with Crippen molar-refractivity contribution in [1.82, 2.24) is 0 Å². The molecule has 0 unspecified atom stereocenters. The van der Waals surface area contributed by atoms with Gasteiger partial charge < -0.3 is 15.8 Å². The number of nitrogens with two attached hydrogens (primary N) is 1. The van der Waals surface area contributed by atoms with Gasteiger partial charge in [0.15, 0.2) is 0 Å². The zero-order valence-electron chi connectivity index (χ0n) is 9.41. The fourth-order valence-electron chi connectivity index (χ4n) is 1.75. The molecule has 0 aromatic heterocycles. The molecule has 4 nitrogen and oxygen atoms in total. The molecule has 1 aliphatic heterocycles.